The second kappa shape index (κ2) is 5.52. The first-order chi connectivity index (χ1) is 8.56. The standard InChI is InChI=1S/C13H19F2N3/c1-18-4-2-3-9(8-18)7-17-12-6-10(14)5-11(15)13(12)16/h5-6,9,17H,2-4,7-8,16H2,1H3. The average Bonchev–Trinajstić information content (AvgIpc) is 2.32. The number of nitrogens with zero attached hydrogens (tertiary/aromatic N) is 1. The molecule has 0 radical (unpaired) electrons. The number of nitrogens with one attached hydrogen (secondary N) is 1. The zero-order valence-corrected chi connectivity index (χ0v) is 10.5. The number of hydrogen-bond acceptors (Lipinski definition) is 3. The van der Waals surface area contributed by atoms with Gasteiger partial charge >= 0.3 is 0 Å². The van der Waals surface area contributed by atoms with Gasteiger partial charge in [-0.3, -0.25) is 0 Å². The molecule has 1 unspecified atom stereocenters. The van der Waals surface area contributed by atoms with Gasteiger partial charge in [0.05, 0.1) is 11.4 Å². The van der Waals surface area contributed by atoms with E-state index in [9.17, 15) is 8.78 Å². The number of rotatable bonds is 3. The molecule has 5 heteroatoms. The van der Waals surface area contributed by atoms with Gasteiger partial charge in [-0.2, -0.15) is 0 Å². The van der Waals surface area contributed by atoms with Crippen LogP contribution >= 0.6 is 0 Å². The Labute approximate surface area is 106 Å². The summed E-state index contributed by atoms with van der Waals surface area (Å²) < 4.78 is 26.3. The number of anilines is 2. The third-order valence-electron chi connectivity index (χ3n) is 3.40. The molecular weight excluding hydrogens is 236 g/mol. The molecule has 0 saturated carbocycles. The van der Waals surface area contributed by atoms with E-state index in [1.165, 1.54) is 6.07 Å². The number of nitrogens with two attached hydrogens (primary N) is 1. The molecule has 0 amide bonds. The van der Waals surface area contributed by atoms with Gasteiger partial charge in [0.15, 0.2) is 5.82 Å². The zero-order chi connectivity index (χ0) is 13.1. The SMILES string of the molecule is CN1CCCC(CNc2cc(F)cc(F)c2N)C1. The third kappa shape index (κ3) is 3.10. The van der Waals surface area contributed by atoms with Gasteiger partial charge in [-0.05, 0) is 38.4 Å². The topological polar surface area (TPSA) is 41.3 Å². The molecule has 1 fully saturated rings. The van der Waals surface area contributed by atoms with Crippen molar-refractivity contribution >= 4 is 11.4 Å². The van der Waals surface area contributed by atoms with Crippen LogP contribution in [0.25, 0.3) is 0 Å². The lowest BCUT2D eigenvalue weighted by atomic mass is 9.98. The van der Waals surface area contributed by atoms with Crippen molar-refractivity contribution in [1.82, 2.24) is 4.90 Å². The van der Waals surface area contributed by atoms with E-state index in [2.05, 4.69) is 17.3 Å². The fourth-order valence-corrected chi connectivity index (χ4v) is 2.43. The highest BCUT2D eigenvalue weighted by Gasteiger charge is 2.17. The van der Waals surface area contributed by atoms with Crippen molar-refractivity contribution in [2.75, 3.05) is 37.7 Å². The Morgan fingerprint density at radius 3 is 2.94 bits per heavy atom. The van der Waals surface area contributed by atoms with E-state index in [1.807, 2.05) is 0 Å². The summed E-state index contributed by atoms with van der Waals surface area (Å²) in [5.74, 6) is -0.822. The first-order valence-electron chi connectivity index (χ1n) is 6.23. The summed E-state index contributed by atoms with van der Waals surface area (Å²) in [4.78, 5) is 2.27. The number of likely N-dealkylation sites (tertiary alicyclic amines) is 1. The number of hydrogen-bond donors (Lipinski definition) is 2. The predicted octanol–water partition coefficient (Wildman–Crippen LogP) is 2.30. The van der Waals surface area contributed by atoms with Crippen LogP contribution in [0, 0.1) is 17.6 Å². The molecule has 1 aliphatic heterocycles. The molecule has 1 heterocycles. The van der Waals surface area contributed by atoms with E-state index in [4.69, 9.17) is 5.73 Å². The van der Waals surface area contributed by atoms with Gasteiger partial charge < -0.3 is 16.0 Å². The quantitative estimate of drug-likeness (QED) is 0.814. The molecular formula is C13H19F2N3. The lowest BCUT2D eigenvalue weighted by Crippen LogP contribution is -2.35. The van der Waals surface area contributed by atoms with Crippen LogP contribution in [0.2, 0.25) is 0 Å². The summed E-state index contributed by atoms with van der Waals surface area (Å²) in [6, 6.07) is 2.04. The van der Waals surface area contributed by atoms with Crippen molar-refractivity contribution in [1.29, 1.82) is 0 Å². The minimum Gasteiger partial charge on any atom is -0.395 e. The van der Waals surface area contributed by atoms with Gasteiger partial charge in [0.2, 0.25) is 0 Å². The molecule has 1 aliphatic rings. The van der Waals surface area contributed by atoms with Crippen molar-refractivity contribution in [3.8, 4) is 0 Å². The predicted molar refractivity (Wildman–Crippen MR) is 69.5 cm³/mol. The van der Waals surface area contributed by atoms with Crippen molar-refractivity contribution in [2.45, 2.75) is 12.8 Å². The van der Waals surface area contributed by atoms with Gasteiger partial charge in [0.25, 0.3) is 0 Å². The second-order valence-corrected chi connectivity index (χ2v) is 5.00. The lowest BCUT2D eigenvalue weighted by Gasteiger charge is -2.30. The average molecular weight is 255 g/mol. The van der Waals surface area contributed by atoms with Crippen molar-refractivity contribution in [3.05, 3.63) is 23.8 Å². The number of piperidine rings is 1. The van der Waals surface area contributed by atoms with E-state index < -0.39 is 11.6 Å². The maximum atomic E-state index is 13.3. The van der Waals surface area contributed by atoms with Gasteiger partial charge in [-0.15, -0.1) is 0 Å². The molecule has 1 aromatic carbocycles. The van der Waals surface area contributed by atoms with Gasteiger partial charge in [0, 0.05) is 19.2 Å². The minimum absolute atomic E-state index is 0.0134. The van der Waals surface area contributed by atoms with Crippen LogP contribution in [0.4, 0.5) is 20.2 Å². The smallest absolute Gasteiger partial charge is 0.151 e. The summed E-state index contributed by atoms with van der Waals surface area (Å²) in [6.45, 7) is 2.81. The summed E-state index contributed by atoms with van der Waals surface area (Å²) >= 11 is 0. The van der Waals surface area contributed by atoms with Gasteiger partial charge in [0.1, 0.15) is 5.82 Å². The monoisotopic (exact) mass is 255 g/mol. The Morgan fingerprint density at radius 2 is 2.22 bits per heavy atom. The molecule has 0 spiro atoms. The summed E-state index contributed by atoms with van der Waals surface area (Å²) in [7, 11) is 2.09. The molecule has 1 saturated heterocycles. The Hall–Kier alpha value is -1.36. The summed E-state index contributed by atoms with van der Waals surface area (Å²) in [5, 5.41) is 3.05. The highest BCUT2D eigenvalue weighted by atomic mass is 19.1. The van der Waals surface area contributed by atoms with E-state index in [0.717, 1.165) is 32.0 Å². The van der Waals surface area contributed by atoms with Gasteiger partial charge in [-0.25, -0.2) is 8.78 Å². The highest BCUT2D eigenvalue weighted by molar-refractivity contribution is 5.66. The molecule has 100 valence electrons. The molecule has 18 heavy (non-hydrogen) atoms. The first kappa shape index (κ1) is 13.1. The van der Waals surface area contributed by atoms with Crippen molar-refractivity contribution in [2.24, 2.45) is 5.92 Å². The van der Waals surface area contributed by atoms with Crippen LogP contribution in [-0.2, 0) is 0 Å². The fourth-order valence-electron chi connectivity index (χ4n) is 2.43. The fraction of sp³-hybridized carbons (Fsp3) is 0.538. The van der Waals surface area contributed by atoms with Crippen LogP contribution in [0.5, 0.6) is 0 Å². The molecule has 3 nitrogen and oxygen atoms in total. The zero-order valence-electron chi connectivity index (χ0n) is 10.5. The molecule has 1 aromatic rings. The number of nitrogen functional groups attached to an aromatic ring is 1. The largest absolute Gasteiger partial charge is 0.395 e. The first-order valence-corrected chi connectivity index (χ1v) is 6.23. The highest BCUT2D eigenvalue weighted by Crippen LogP contribution is 2.24. The third-order valence-corrected chi connectivity index (χ3v) is 3.40. The summed E-state index contributed by atoms with van der Waals surface area (Å²) in [5.41, 5.74) is 5.91. The van der Waals surface area contributed by atoms with E-state index >= 15 is 0 Å². The Balaban J connectivity index is 1.97. The van der Waals surface area contributed by atoms with Crippen LogP contribution < -0.4 is 11.1 Å². The molecule has 1 atom stereocenters. The Morgan fingerprint density at radius 1 is 1.44 bits per heavy atom. The van der Waals surface area contributed by atoms with Gasteiger partial charge in [-0.1, -0.05) is 0 Å². The number of halogens is 2. The van der Waals surface area contributed by atoms with E-state index in [-0.39, 0.29) is 5.69 Å². The molecule has 3 N–H and O–H groups in total. The summed E-state index contributed by atoms with van der Waals surface area (Å²) in [6.07, 6.45) is 2.30. The maximum Gasteiger partial charge on any atom is 0.151 e. The van der Waals surface area contributed by atoms with Crippen molar-refractivity contribution < 1.29 is 8.78 Å². The van der Waals surface area contributed by atoms with Crippen LogP contribution in [0.1, 0.15) is 12.8 Å². The number of benzene rings is 1. The Bertz CT molecular complexity index is 423. The van der Waals surface area contributed by atoms with Crippen LogP contribution in [0.15, 0.2) is 12.1 Å². The molecule has 0 aliphatic carbocycles. The normalized spacial score (nSPS) is 20.9. The van der Waals surface area contributed by atoms with E-state index in [0.29, 0.717) is 18.2 Å². The van der Waals surface area contributed by atoms with Crippen LogP contribution in [-0.4, -0.2) is 31.6 Å². The Kier molecular flexibility index (Phi) is 4.01. The van der Waals surface area contributed by atoms with Crippen LogP contribution in [0.3, 0.4) is 0 Å². The minimum atomic E-state index is -0.710. The van der Waals surface area contributed by atoms with Crippen molar-refractivity contribution in [3.63, 3.8) is 0 Å². The molecule has 0 aromatic heterocycles. The maximum absolute atomic E-state index is 13.3. The molecule has 0 bridgehead atoms. The van der Waals surface area contributed by atoms with E-state index in [1.54, 1.807) is 0 Å². The molecule has 2 rings (SSSR count). The second-order valence-electron chi connectivity index (χ2n) is 5.00. The lowest BCUT2D eigenvalue weighted by molar-refractivity contribution is 0.217.